The van der Waals surface area contributed by atoms with Gasteiger partial charge in [-0.05, 0) is 147 Å². The van der Waals surface area contributed by atoms with E-state index in [4.69, 9.17) is 30.4 Å². The first kappa shape index (κ1) is 65.7. The van der Waals surface area contributed by atoms with Crippen LogP contribution in [-0.2, 0) is 57.8 Å². The van der Waals surface area contributed by atoms with Gasteiger partial charge < -0.3 is 62.1 Å². The molecule has 6 atom stereocenters. The number of nitrogens with zero attached hydrogens (tertiary/aromatic N) is 1. The zero-order chi connectivity index (χ0) is 60.7. The number of ether oxygens (including phenoxy) is 4. The Bertz CT molecular complexity index is 2910. The number of guanidine groups is 1. The number of aliphatic imine (C=N–C) groups is 1. The number of sulfonamides is 1. The highest BCUT2D eigenvalue weighted by molar-refractivity contribution is 7.90. The van der Waals surface area contributed by atoms with E-state index in [-0.39, 0.29) is 43.2 Å². The van der Waals surface area contributed by atoms with Crippen molar-refractivity contribution in [3.63, 3.8) is 0 Å². The van der Waals surface area contributed by atoms with Crippen LogP contribution in [0.2, 0.25) is 0 Å². The van der Waals surface area contributed by atoms with E-state index >= 15 is 0 Å². The molecule has 6 amide bonds. The molecule has 4 rings (SSSR count). The number of nitrogens with one attached hydrogen (secondary N) is 6. The van der Waals surface area contributed by atoms with Crippen LogP contribution in [0, 0.1) is 20.8 Å². The zero-order valence-electron chi connectivity index (χ0n) is 48.1. The Hall–Kier alpha value is -7.80. The molecule has 1 aliphatic carbocycles. The van der Waals surface area contributed by atoms with Crippen LogP contribution in [0.1, 0.15) is 128 Å². The molecule has 0 bridgehead atoms. The maximum absolute atomic E-state index is 14.4. The maximum Gasteiger partial charge on any atom is 0.407 e. The van der Waals surface area contributed by atoms with Gasteiger partial charge in [0.2, 0.25) is 35.5 Å². The fourth-order valence-electron chi connectivity index (χ4n) is 9.09. The first-order chi connectivity index (χ1) is 37.7. The number of benzene rings is 3. The summed E-state index contributed by atoms with van der Waals surface area (Å²) in [7, 11) is -2.75. The van der Waals surface area contributed by atoms with Crippen LogP contribution in [0.25, 0.3) is 11.1 Å². The standard InChI is InChI=1S/C56H79N9O15S/c1-30-28-43(77-12)31(2)32(3)47(30)81(75,76)65-53(58)59-27-17-22-42(52(72)73)63-49(69)40(23-25-44(57)66)62-51(71)46(34(5)79-55(6,7)8)64-50(70)41(24-26-45(67)80-56(9,10)11)61-48(68)33(4)60-54(74)78-29-39-37-20-15-13-18-35(37)36-19-14-16-21-38(36)39/h13-16,18-21,28,33-34,39-42,46H,17,22-27,29H2,1-12H3,(H2,57,66)(H,60,74)(H,61,68)(H,62,71)(H,63,69)(H,64,70)(H,72,73)(H3,58,59,65)/t33-,34+,40-,41-,42-,46-/m0/s1. The quantitative estimate of drug-likeness (QED) is 0.0228. The number of aryl methyl sites for hydroxylation is 1. The lowest BCUT2D eigenvalue weighted by atomic mass is 9.98. The van der Waals surface area contributed by atoms with Crippen molar-refractivity contribution in [2.24, 2.45) is 16.5 Å². The van der Waals surface area contributed by atoms with E-state index in [9.17, 15) is 51.9 Å². The third-order valence-electron chi connectivity index (χ3n) is 12.9. The molecule has 0 heterocycles. The van der Waals surface area contributed by atoms with Gasteiger partial charge in [0.05, 0.1) is 23.7 Å². The normalized spacial score (nSPS) is 14.7. The highest BCUT2D eigenvalue weighted by Crippen LogP contribution is 2.44. The fraction of sp³-hybridized carbons (Fsp3) is 0.518. The number of hydrogen-bond donors (Lipinski definition) is 9. The molecule has 0 aliphatic heterocycles. The predicted molar refractivity (Wildman–Crippen MR) is 300 cm³/mol. The van der Waals surface area contributed by atoms with E-state index in [0.29, 0.717) is 22.4 Å². The average Bonchev–Trinajstić information content (AvgIpc) is 3.68. The molecule has 3 aromatic carbocycles. The van der Waals surface area contributed by atoms with Gasteiger partial charge >= 0.3 is 18.0 Å². The van der Waals surface area contributed by atoms with E-state index in [2.05, 4.69) is 36.3 Å². The molecule has 3 aromatic rings. The van der Waals surface area contributed by atoms with Gasteiger partial charge in [0, 0.05) is 25.3 Å². The third-order valence-corrected chi connectivity index (χ3v) is 14.6. The van der Waals surface area contributed by atoms with Gasteiger partial charge in [-0.2, -0.15) is 0 Å². The number of alkyl carbamates (subject to hydrolysis) is 1. The lowest BCUT2D eigenvalue weighted by Crippen LogP contribution is -2.61. The summed E-state index contributed by atoms with van der Waals surface area (Å²) in [5, 5.41) is 22.6. The second-order valence-corrected chi connectivity index (χ2v) is 23.4. The van der Waals surface area contributed by atoms with E-state index in [0.717, 1.165) is 22.3 Å². The number of hydrogen-bond acceptors (Lipinski definition) is 15. The molecule has 0 fully saturated rings. The van der Waals surface area contributed by atoms with Crippen molar-refractivity contribution < 1.29 is 70.8 Å². The van der Waals surface area contributed by atoms with Crippen LogP contribution in [0.4, 0.5) is 4.79 Å². The minimum absolute atomic E-state index is 0.0204. The topological polar surface area (TPSA) is 364 Å². The fourth-order valence-corrected chi connectivity index (χ4v) is 10.6. The Morgan fingerprint density at radius 1 is 0.704 bits per heavy atom. The molecular weight excluding hydrogens is 1070 g/mol. The van der Waals surface area contributed by atoms with Crippen LogP contribution in [0.5, 0.6) is 5.75 Å². The van der Waals surface area contributed by atoms with E-state index in [1.165, 1.54) is 21.0 Å². The lowest BCUT2D eigenvalue weighted by molar-refractivity contribution is -0.155. The number of rotatable bonds is 27. The molecular formula is C56H79N9O15S. The molecule has 81 heavy (non-hydrogen) atoms. The summed E-state index contributed by atoms with van der Waals surface area (Å²) < 4.78 is 51.4. The largest absolute Gasteiger partial charge is 0.496 e. The summed E-state index contributed by atoms with van der Waals surface area (Å²) >= 11 is 0. The second-order valence-electron chi connectivity index (χ2n) is 21.8. The molecule has 0 saturated carbocycles. The number of nitrogens with two attached hydrogens (primary N) is 2. The number of carbonyl (C=O) groups is 8. The van der Waals surface area contributed by atoms with Gasteiger partial charge in [-0.3, -0.25) is 33.8 Å². The summed E-state index contributed by atoms with van der Waals surface area (Å²) in [4.78, 5) is 111. The first-order valence-electron chi connectivity index (χ1n) is 26.4. The molecule has 0 radical (unpaired) electrons. The predicted octanol–water partition coefficient (Wildman–Crippen LogP) is 3.54. The highest BCUT2D eigenvalue weighted by Gasteiger charge is 2.37. The Balaban J connectivity index is 1.50. The van der Waals surface area contributed by atoms with Crippen molar-refractivity contribution in [2.45, 2.75) is 173 Å². The molecule has 0 spiro atoms. The highest BCUT2D eigenvalue weighted by atomic mass is 32.2. The van der Waals surface area contributed by atoms with Crippen LogP contribution in [-0.4, -0.2) is 135 Å². The first-order valence-corrected chi connectivity index (χ1v) is 27.9. The van der Waals surface area contributed by atoms with Gasteiger partial charge in [0.15, 0.2) is 0 Å². The number of aliphatic carboxylic acids is 1. The van der Waals surface area contributed by atoms with Crippen molar-refractivity contribution in [1.82, 2.24) is 31.3 Å². The Kier molecular flexibility index (Phi) is 23.2. The SMILES string of the molecule is COc1cc(C)c(S(=O)(=O)NC(N)=NCCC[C@H](NC(=O)[C@H](CCC(N)=O)NC(=O)[C@@H](NC(=O)[C@H](CCC(=O)OC(C)(C)C)NC(=O)[C@H](C)NC(=O)OCC2c3ccccc3-c3ccccc32)[C@@H](C)OC(C)(C)C)C(=O)O)c(C)c1C. The van der Waals surface area contributed by atoms with E-state index in [1.807, 2.05) is 48.5 Å². The number of amides is 6. The molecule has 0 saturated heterocycles. The van der Waals surface area contributed by atoms with Gasteiger partial charge in [-0.1, -0.05) is 48.5 Å². The van der Waals surface area contributed by atoms with Crippen molar-refractivity contribution in [1.29, 1.82) is 0 Å². The van der Waals surface area contributed by atoms with Crippen molar-refractivity contribution >= 4 is 63.6 Å². The minimum Gasteiger partial charge on any atom is -0.496 e. The van der Waals surface area contributed by atoms with Gasteiger partial charge in [-0.15, -0.1) is 0 Å². The van der Waals surface area contributed by atoms with Crippen molar-refractivity contribution in [2.75, 3.05) is 20.3 Å². The number of carboxylic acids is 1. The Morgan fingerprint density at radius 3 is 1.79 bits per heavy atom. The summed E-state index contributed by atoms with van der Waals surface area (Å²) in [6, 6.07) is 9.34. The lowest BCUT2D eigenvalue weighted by Gasteiger charge is -2.33. The number of carboxylic acid groups (broad SMARTS) is 1. The number of methoxy groups -OCH3 is 1. The molecule has 0 unspecified atom stereocenters. The number of esters is 1. The van der Waals surface area contributed by atoms with Gasteiger partial charge in [-0.25, -0.2) is 22.7 Å². The summed E-state index contributed by atoms with van der Waals surface area (Å²) in [5.41, 5.74) is 14.9. The third kappa shape index (κ3) is 19.5. The number of primary amides is 1. The summed E-state index contributed by atoms with van der Waals surface area (Å²) in [6.07, 6.45) is -4.03. The smallest absolute Gasteiger partial charge is 0.407 e. The van der Waals surface area contributed by atoms with E-state index < -0.39 is 130 Å². The van der Waals surface area contributed by atoms with Gasteiger partial charge in [0.25, 0.3) is 10.0 Å². The Labute approximate surface area is 473 Å². The summed E-state index contributed by atoms with van der Waals surface area (Å²) in [6.45, 7) is 17.4. The Morgan fingerprint density at radius 2 is 1.25 bits per heavy atom. The second kappa shape index (κ2) is 28.6. The molecule has 1 aliphatic rings. The molecule has 25 heteroatoms. The van der Waals surface area contributed by atoms with Crippen LogP contribution in [0.3, 0.4) is 0 Å². The average molecular weight is 1150 g/mol. The van der Waals surface area contributed by atoms with Crippen LogP contribution in [0.15, 0.2) is 64.5 Å². The number of carbonyl (C=O) groups excluding carboxylic acids is 7. The summed E-state index contributed by atoms with van der Waals surface area (Å²) in [5.74, 6) is -7.27. The minimum atomic E-state index is -4.21. The van der Waals surface area contributed by atoms with Crippen LogP contribution < -0.4 is 47.5 Å². The molecule has 24 nitrogen and oxygen atoms in total. The molecule has 444 valence electrons. The molecule has 11 N–H and O–H groups in total. The van der Waals surface area contributed by atoms with Crippen molar-refractivity contribution in [3.05, 3.63) is 82.4 Å². The van der Waals surface area contributed by atoms with E-state index in [1.54, 1.807) is 68.4 Å². The zero-order valence-corrected chi connectivity index (χ0v) is 48.9. The molecule has 0 aromatic heterocycles. The van der Waals surface area contributed by atoms with Crippen LogP contribution >= 0.6 is 0 Å². The monoisotopic (exact) mass is 1150 g/mol. The van der Waals surface area contributed by atoms with Crippen molar-refractivity contribution in [3.8, 4) is 16.9 Å². The number of fused-ring (bicyclic) bond motifs is 3. The van der Waals surface area contributed by atoms with Gasteiger partial charge in [0.1, 0.15) is 48.2 Å². The maximum atomic E-state index is 14.4.